The van der Waals surface area contributed by atoms with Gasteiger partial charge in [-0.05, 0) is 29.9 Å². The molecule has 0 heterocycles. The van der Waals surface area contributed by atoms with Crippen molar-refractivity contribution in [3.05, 3.63) is 28.8 Å². The number of rotatable bonds is 6. The molecular formula is C15H22ClNO2. The molecule has 1 rings (SSSR count). The van der Waals surface area contributed by atoms with Crippen LogP contribution in [0, 0.1) is 17.8 Å². The Labute approximate surface area is 120 Å². The van der Waals surface area contributed by atoms with Crippen LogP contribution >= 0.6 is 11.6 Å². The van der Waals surface area contributed by atoms with Gasteiger partial charge in [0.1, 0.15) is 5.56 Å². The van der Waals surface area contributed by atoms with Gasteiger partial charge in [-0.2, -0.15) is 0 Å². The summed E-state index contributed by atoms with van der Waals surface area (Å²) in [5.74, 6) is 0.569. The van der Waals surface area contributed by atoms with Gasteiger partial charge in [-0.3, -0.25) is 0 Å². The molecule has 0 bridgehead atoms. The highest BCUT2D eigenvalue weighted by Gasteiger charge is 2.19. The number of aromatic carboxylic acids is 1. The van der Waals surface area contributed by atoms with Crippen LogP contribution in [0.5, 0.6) is 0 Å². The number of hydrogen-bond donors (Lipinski definition) is 2. The first-order valence-electron chi connectivity index (χ1n) is 6.60. The summed E-state index contributed by atoms with van der Waals surface area (Å²) < 4.78 is 0. The van der Waals surface area contributed by atoms with E-state index in [0.717, 1.165) is 6.54 Å². The fourth-order valence-electron chi connectivity index (χ4n) is 2.36. The van der Waals surface area contributed by atoms with Crippen LogP contribution in [0.1, 0.15) is 38.1 Å². The maximum Gasteiger partial charge on any atom is 0.339 e. The lowest BCUT2D eigenvalue weighted by atomic mass is 9.85. The van der Waals surface area contributed by atoms with Crippen LogP contribution in [0.4, 0.5) is 5.69 Å². The highest BCUT2D eigenvalue weighted by atomic mass is 35.5. The molecule has 0 aliphatic carbocycles. The lowest BCUT2D eigenvalue weighted by Gasteiger charge is -2.26. The molecule has 1 aromatic rings. The van der Waals surface area contributed by atoms with Crippen LogP contribution in [-0.2, 0) is 0 Å². The normalized spacial score (nSPS) is 11.4. The molecule has 0 amide bonds. The van der Waals surface area contributed by atoms with Crippen molar-refractivity contribution in [2.75, 3.05) is 11.9 Å². The molecule has 4 heteroatoms. The lowest BCUT2D eigenvalue weighted by molar-refractivity contribution is 0.0698. The molecule has 0 fully saturated rings. The highest BCUT2D eigenvalue weighted by molar-refractivity contribution is 6.34. The third-order valence-electron chi connectivity index (χ3n) is 3.47. The largest absolute Gasteiger partial charge is 0.478 e. The molecule has 3 nitrogen and oxygen atoms in total. The first-order chi connectivity index (χ1) is 8.84. The van der Waals surface area contributed by atoms with E-state index in [-0.39, 0.29) is 10.6 Å². The Morgan fingerprint density at radius 3 is 2.32 bits per heavy atom. The molecule has 2 N–H and O–H groups in total. The van der Waals surface area contributed by atoms with Gasteiger partial charge in [0.25, 0.3) is 0 Å². The average Bonchev–Trinajstić information content (AvgIpc) is 2.27. The minimum Gasteiger partial charge on any atom is -0.478 e. The van der Waals surface area contributed by atoms with Gasteiger partial charge < -0.3 is 10.4 Å². The van der Waals surface area contributed by atoms with Crippen LogP contribution in [0.15, 0.2) is 18.2 Å². The molecule has 0 aliphatic heterocycles. The summed E-state index contributed by atoms with van der Waals surface area (Å²) >= 11 is 5.94. The van der Waals surface area contributed by atoms with Gasteiger partial charge in [-0.1, -0.05) is 45.4 Å². The van der Waals surface area contributed by atoms with Gasteiger partial charge in [0.15, 0.2) is 0 Å². The molecule has 0 aliphatic rings. The quantitative estimate of drug-likeness (QED) is 0.814. The SMILES string of the molecule is CC(C)C(CNc1cccc(Cl)c1C(=O)O)C(C)C. The Morgan fingerprint density at radius 1 is 1.26 bits per heavy atom. The Morgan fingerprint density at radius 2 is 1.84 bits per heavy atom. The molecule has 0 atom stereocenters. The summed E-state index contributed by atoms with van der Waals surface area (Å²) in [7, 11) is 0. The van der Waals surface area contributed by atoms with Crippen molar-refractivity contribution >= 4 is 23.3 Å². The fourth-order valence-corrected chi connectivity index (χ4v) is 2.61. The smallest absolute Gasteiger partial charge is 0.339 e. The molecule has 19 heavy (non-hydrogen) atoms. The van der Waals surface area contributed by atoms with Crippen LogP contribution in [0.25, 0.3) is 0 Å². The van der Waals surface area contributed by atoms with Gasteiger partial charge in [0, 0.05) is 6.54 Å². The van der Waals surface area contributed by atoms with Crippen molar-refractivity contribution in [2.24, 2.45) is 17.8 Å². The summed E-state index contributed by atoms with van der Waals surface area (Å²) in [5, 5.41) is 12.7. The van der Waals surface area contributed by atoms with E-state index in [1.807, 2.05) is 0 Å². The van der Waals surface area contributed by atoms with Crippen LogP contribution < -0.4 is 5.32 Å². The van der Waals surface area contributed by atoms with Crippen LogP contribution in [-0.4, -0.2) is 17.6 Å². The third kappa shape index (κ3) is 4.13. The molecule has 0 spiro atoms. The zero-order chi connectivity index (χ0) is 14.6. The topological polar surface area (TPSA) is 49.3 Å². The number of benzene rings is 1. The van der Waals surface area contributed by atoms with Gasteiger partial charge in [0.2, 0.25) is 0 Å². The molecular weight excluding hydrogens is 262 g/mol. The standard InChI is InChI=1S/C15H22ClNO2/c1-9(2)11(10(3)4)8-17-13-7-5-6-12(16)14(13)15(18)19/h5-7,9-11,17H,8H2,1-4H3,(H,18,19). The zero-order valence-corrected chi connectivity index (χ0v) is 12.7. The number of carboxylic acid groups (broad SMARTS) is 1. The third-order valence-corrected chi connectivity index (χ3v) is 3.78. The van der Waals surface area contributed by atoms with E-state index in [1.165, 1.54) is 0 Å². The number of nitrogens with one attached hydrogen (secondary N) is 1. The fraction of sp³-hybridized carbons (Fsp3) is 0.533. The number of carboxylic acids is 1. The van der Waals surface area contributed by atoms with E-state index in [4.69, 9.17) is 11.6 Å². The summed E-state index contributed by atoms with van der Waals surface area (Å²) in [4.78, 5) is 11.2. The Balaban J connectivity index is 2.88. The monoisotopic (exact) mass is 283 g/mol. The van der Waals surface area contributed by atoms with Crippen LogP contribution in [0.2, 0.25) is 5.02 Å². The van der Waals surface area contributed by atoms with Crippen molar-refractivity contribution in [1.29, 1.82) is 0 Å². The number of carbonyl (C=O) groups is 1. The van der Waals surface area contributed by atoms with E-state index >= 15 is 0 Å². The first kappa shape index (κ1) is 15.8. The van der Waals surface area contributed by atoms with E-state index in [1.54, 1.807) is 18.2 Å². The summed E-state index contributed by atoms with van der Waals surface area (Å²) in [6.45, 7) is 9.48. The van der Waals surface area contributed by atoms with Crippen molar-refractivity contribution < 1.29 is 9.90 Å². The second-order valence-corrected chi connectivity index (χ2v) is 5.91. The number of anilines is 1. The van der Waals surface area contributed by atoms with Crippen molar-refractivity contribution in [3.63, 3.8) is 0 Å². The summed E-state index contributed by atoms with van der Waals surface area (Å²) in [6.07, 6.45) is 0. The maximum absolute atomic E-state index is 11.2. The van der Waals surface area contributed by atoms with Gasteiger partial charge in [-0.15, -0.1) is 0 Å². The number of halogens is 1. The minimum atomic E-state index is -1.00. The lowest BCUT2D eigenvalue weighted by Crippen LogP contribution is -2.25. The molecule has 0 saturated carbocycles. The molecule has 0 saturated heterocycles. The first-order valence-corrected chi connectivity index (χ1v) is 6.98. The highest BCUT2D eigenvalue weighted by Crippen LogP contribution is 2.26. The summed E-state index contributed by atoms with van der Waals surface area (Å²) in [6, 6.07) is 5.11. The van der Waals surface area contributed by atoms with E-state index in [9.17, 15) is 9.90 Å². The van der Waals surface area contributed by atoms with Gasteiger partial charge >= 0.3 is 5.97 Å². The Hall–Kier alpha value is -1.22. The van der Waals surface area contributed by atoms with Crippen molar-refractivity contribution in [3.8, 4) is 0 Å². The predicted molar refractivity (Wildman–Crippen MR) is 80.1 cm³/mol. The van der Waals surface area contributed by atoms with E-state index < -0.39 is 5.97 Å². The Kier molecular flexibility index (Phi) is 5.67. The Bertz CT molecular complexity index is 436. The second kappa shape index (κ2) is 6.80. The molecule has 1 aromatic carbocycles. The van der Waals surface area contributed by atoms with E-state index in [2.05, 4.69) is 33.0 Å². The number of hydrogen-bond acceptors (Lipinski definition) is 2. The van der Waals surface area contributed by atoms with Crippen molar-refractivity contribution in [2.45, 2.75) is 27.7 Å². The second-order valence-electron chi connectivity index (χ2n) is 5.50. The zero-order valence-electron chi connectivity index (χ0n) is 11.9. The predicted octanol–water partition coefficient (Wildman–Crippen LogP) is 4.38. The van der Waals surface area contributed by atoms with Gasteiger partial charge in [0.05, 0.1) is 10.7 Å². The average molecular weight is 284 g/mol. The van der Waals surface area contributed by atoms with Crippen LogP contribution in [0.3, 0.4) is 0 Å². The maximum atomic E-state index is 11.2. The molecule has 106 valence electrons. The molecule has 0 unspecified atom stereocenters. The summed E-state index contributed by atoms with van der Waals surface area (Å²) in [5.41, 5.74) is 0.738. The molecule has 0 radical (unpaired) electrons. The van der Waals surface area contributed by atoms with Gasteiger partial charge in [-0.25, -0.2) is 4.79 Å². The van der Waals surface area contributed by atoms with E-state index in [0.29, 0.717) is 23.4 Å². The minimum absolute atomic E-state index is 0.149. The van der Waals surface area contributed by atoms with Crippen molar-refractivity contribution in [1.82, 2.24) is 0 Å². The molecule has 0 aromatic heterocycles.